The van der Waals surface area contributed by atoms with Crippen molar-refractivity contribution < 1.29 is 4.79 Å². The first kappa shape index (κ1) is 16.7. The number of rotatable bonds is 3. The molecule has 2 aromatic rings. The van der Waals surface area contributed by atoms with E-state index >= 15 is 0 Å². The number of aromatic nitrogens is 2. The van der Waals surface area contributed by atoms with Gasteiger partial charge in [-0.1, -0.05) is 25.4 Å². The van der Waals surface area contributed by atoms with Gasteiger partial charge in [0.2, 0.25) is 0 Å². The summed E-state index contributed by atoms with van der Waals surface area (Å²) in [4.78, 5) is 14.5. The first-order chi connectivity index (χ1) is 11.4. The van der Waals surface area contributed by atoms with Crippen LogP contribution in [0.25, 0.3) is 0 Å². The van der Waals surface area contributed by atoms with E-state index in [0.717, 1.165) is 31.6 Å². The van der Waals surface area contributed by atoms with Crippen molar-refractivity contribution >= 4 is 29.0 Å². The molecular weight excluding hydrogens is 324 g/mol. The van der Waals surface area contributed by atoms with Crippen molar-refractivity contribution in [3.8, 4) is 0 Å². The fraction of sp³-hybridized carbons (Fsp3) is 0.389. The van der Waals surface area contributed by atoms with E-state index in [2.05, 4.69) is 29.4 Å². The Hall–Kier alpha value is -2.14. The van der Waals surface area contributed by atoms with E-state index in [0.29, 0.717) is 16.5 Å². The van der Waals surface area contributed by atoms with Gasteiger partial charge in [0.1, 0.15) is 0 Å². The second-order valence-electron chi connectivity index (χ2n) is 6.93. The van der Waals surface area contributed by atoms with E-state index in [1.165, 1.54) is 0 Å². The maximum absolute atomic E-state index is 12.6. The van der Waals surface area contributed by atoms with E-state index in [9.17, 15) is 4.79 Å². The van der Waals surface area contributed by atoms with Gasteiger partial charge in [0.25, 0.3) is 5.91 Å². The van der Waals surface area contributed by atoms with Crippen LogP contribution in [0.3, 0.4) is 0 Å². The lowest BCUT2D eigenvalue weighted by Gasteiger charge is -2.37. The van der Waals surface area contributed by atoms with Crippen molar-refractivity contribution in [3.63, 3.8) is 0 Å². The molecule has 0 aliphatic carbocycles. The highest BCUT2D eigenvalue weighted by Gasteiger charge is 2.30. The van der Waals surface area contributed by atoms with Gasteiger partial charge in [0, 0.05) is 23.8 Å². The number of carbonyl (C=O) groups excluding carboxylic acids is 1. The predicted molar refractivity (Wildman–Crippen MR) is 95.7 cm³/mol. The molecule has 24 heavy (non-hydrogen) atoms. The summed E-state index contributed by atoms with van der Waals surface area (Å²) in [5.74, 6) is 0.543. The molecule has 0 radical (unpaired) electrons. The van der Waals surface area contributed by atoms with Crippen molar-refractivity contribution in [3.05, 3.63) is 47.1 Å². The van der Waals surface area contributed by atoms with Gasteiger partial charge in [-0.2, -0.15) is 0 Å². The second kappa shape index (κ2) is 6.77. The van der Waals surface area contributed by atoms with Crippen LogP contribution in [0, 0.1) is 5.41 Å². The van der Waals surface area contributed by atoms with E-state index in [4.69, 9.17) is 11.6 Å². The van der Waals surface area contributed by atoms with Gasteiger partial charge >= 0.3 is 0 Å². The van der Waals surface area contributed by atoms with E-state index in [-0.39, 0.29) is 11.3 Å². The molecule has 6 heteroatoms. The maximum Gasteiger partial charge on any atom is 0.274 e. The van der Waals surface area contributed by atoms with Crippen LogP contribution < -0.4 is 5.32 Å². The van der Waals surface area contributed by atoms with Gasteiger partial charge in [0.05, 0.1) is 0 Å². The molecule has 0 spiro atoms. The van der Waals surface area contributed by atoms with Gasteiger partial charge in [-0.15, -0.1) is 10.2 Å². The number of carbonyl (C=O) groups is 1. The fourth-order valence-corrected chi connectivity index (χ4v) is 3.08. The molecule has 0 bridgehead atoms. The zero-order valence-corrected chi connectivity index (χ0v) is 14.7. The number of nitrogens with zero attached hydrogens (tertiary/aromatic N) is 3. The number of piperidine rings is 1. The quantitative estimate of drug-likeness (QED) is 0.909. The molecule has 0 atom stereocenters. The minimum atomic E-state index is -0.0479. The Bertz CT molecular complexity index is 713. The van der Waals surface area contributed by atoms with Crippen LogP contribution in [0.2, 0.25) is 5.02 Å². The monoisotopic (exact) mass is 344 g/mol. The lowest BCUT2D eigenvalue weighted by atomic mass is 9.84. The molecule has 2 heterocycles. The average molecular weight is 345 g/mol. The molecule has 3 rings (SSSR count). The smallest absolute Gasteiger partial charge is 0.274 e. The Balaban J connectivity index is 1.67. The Morgan fingerprint density at radius 1 is 1.17 bits per heavy atom. The standard InChI is InChI=1S/C18H21ClN4O/c1-18(2)10-3-11-23(12-18)17(24)15-8-9-16(22-21-15)20-14-6-4-13(19)5-7-14/h4-9H,3,10-12H2,1-2H3,(H,20,22). The van der Waals surface area contributed by atoms with E-state index < -0.39 is 0 Å². The molecule has 1 aromatic carbocycles. The summed E-state index contributed by atoms with van der Waals surface area (Å²) < 4.78 is 0. The molecular formula is C18H21ClN4O. The van der Waals surface area contributed by atoms with Gasteiger partial charge in [0.15, 0.2) is 11.5 Å². The van der Waals surface area contributed by atoms with Gasteiger partial charge < -0.3 is 10.2 Å². The van der Waals surface area contributed by atoms with Crippen LogP contribution in [-0.4, -0.2) is 34.1 Å². The van der Waals surface area contributed by atoms with Crippen LogP contribution in [-0.2, 0) is 0 Å². The second-order valence-corrected chi connectivity index (χ2v) is 7.37. The predicted octanol–water partition coefficient (Wildman–Crippen LogP) is 4.14. The highest BCUT2D eigenvalue weighted by molar-refractivity contribution is 6.30. The summed E-state index contributed by atoms with van der Waals surface area (Å²) >= 11 is 5.87. The maximum atomic E-state index is 12.6. The Morgan fingerprint density at radius 2 is 1.92 bits per heavy atom. The van der Waals surface area contributed by atoms with Crippen LogP contribution in [0.5, 0.6) is 0 Å². The average Bonchev–Trinajstić information content (AvgIpc) is 2.56. The lowest BCUT2D eigenvalue weighted by Crippen LogP contribution is -2.43. The third kappa shape index (κ3) is 4.03. The molecule has 5 nitrogen and oxygen atoms in total. The van der Waals surface area contributed by atoms with Crippen LogP contribution in [0.4, 0.5) is 11.5 Å². The fourth-order valence-electron chi connectivity index (χ4n) is 2.95. The van der Waals surface area contributed by atoms with Crippen LogP contribution >= 0.6 is 11.6 Å². The molecule has 0 unspecified atom stereocenters. The van der Waals surface area contributed by atoms with Crippen molar-refractivity contribution in [1.82, 2.24) is 15.1 Å². The summed E-state index contributed by atoms with van der Waals surface area (Å²) in [7, 11) is 0. The zero-order valence-electron chi connectivity index (χ0n) is 13.9. The third-order valence-corrected chi connectivity index (χ3v) is 4.44. The minimum Gasteiger partial charge on any atom is -0.339 e. The highest BCUT2D eigenvalue weighted by atomic mass is 35.5. The molecule has 1 aromatic heterocycles. The lowest BCUT2D eigenvalue weighted by molar-refractivity contribution is 0.0576. The molecule has 1 aliphatic rings. The summed E-state index contributed by atoms with van der Waals surface area (Å²) in [5, 5.41) is 12.0. The molecule has 126 valence electrons. The van der Waals surface area contributed by atoms with Crippen molar-refractivity contribution in [2.24, 2.45) is 5.41 Å². The molecule has 1 aliphatic heterocycles. The zero-order chi connectivity index (χ0) is 17.2. The Morgan fingerprint density at radius 3 is 2.54 bits per heavy atom. The van der Waals surface area contributed by atoms with E-state index in [1.54, 1.807) is 24.3 Å². The number of benzene rings is 1. The third-order valence-electron chi connectivity index (χ3n) is 4.19. The number of hydrogen-bond donors (Lipinski definition) is 1. The number of amides is 1. The molecule has 1 saturated heterocycles. The van der Waals surface area contributed by atoms with Gasteiger partial charge in [-0.05, 0) is 54.7 Å². The summed E-state index contributed by atoms with van der Waals surface area (Å²) in [5.41, 5.74) is 1.41. The number of hydrogen-bond acceptors (Lipinski definition) is 4. The summed E-state index contributed by atoms with van der Waals surface area (Å²) in [6.45, 7) is 5.93. The first-order valence-corrected chi connectivity index (χ1v) is 8.46. The number of nitrogens with one attached hydrogen (secondary N) is 1. The topological polar surface area (TPSA) is 58.1 Å². The molecule has 1 amide bonds. The molecule has 1 fully saturated rings. The summed E-state index contributed by atoms with van der Waals surface area (Å²) in [6, 6.07) is 10.8. The van der Waals surface area contributed by atoms with Gasteiger partial charge in [-0.3, -0.25) is 4.79 Å². The van der Waals surface area contributed by atoms with Crippen LogP contribution in [0.1, 0.15) is 37.2 Å². The summed E-state index contributed by atoms with van der Waals surface area (Å²) in [6.07, 6.45) is 2.18. The van der Waals surface area contributed by atoms with Crippen molar-refractivity contribution in [1.29, 1.82) is 0 Å². The van der Waals surface area contributed by atoms with Crippen molar-refractivity contribution in [2.75, 3.05) is 18.4 Å². The highest BCUT2D eigenvalue weighted by Crippen LogP contribution is 2.29. The van der Waals surface area contributed by atoms with Gasteiger partial charge in [-0.25, -0.2) is 0 Å². The number of halogens is 1. The largest absolute Gasteiger partial charge is 0.339 e. The SMILES string of the molecule is CC1(C)CCCN(C(=O)c2ccc(Nc3ccc(Cl)cc3)nn2)C1. The minimum absolute atomic E-state index is 0.0479. The van der Waals surface area contributed by atoms with Crippen LogP contribution in [0.15, 0.2) is 36.4 Å². The molecule has 0 saturated carbocycles. The number of likely N-dealkylation sites (tertiary alicyclic amines) is 1. The Kier molecular flexibility index (Phi) is 4.71. The Labute approximate surface area is 147 Å². The first-order valence-electron chi connectivity index (χ1n) is 8.09. The van der Waals surface area contributed by atoms with E-state index in [1.807, 2.05) is 17.0 Å². The van der Waals surface area contributed by atoms with Crippen molar-refractivity contribution in [2.45, 2.75) is 26.7 Å². The number of anilines is 2. The normalized spacial score (nSPS) is 16.7. The molecule has 1 N–H and O–H groups in total.